The summed E-state index contributed by atoms with van der Waals surface area (Å²) in [5.74, 6) is 0.975. The average Bonchev–Trinajstić information content (AvgIpc) is 2.21. The maximum Gasteiger partial charge on any atom is 0.151 e. The van der Waals surface area contributed by atoms with E-state index >= 15 is 0 Å². The van der Waals surface area contributed by atoms with Gasteiger partial charge in [0.2, 0.25) is 0 Å². The Bertz CT molecular complexity index is 296. The monoisotopic (exact) mass is 264 g/mol. The Kier molecular flexibility index (Phi) is 6.64. The molecule has 1 aliphatic rings. The molecule has 0 unspecified atom stereocenters. The number of anilines is 1. The lowest BCUT2D eigenvalue weighted by molar-refractivity contribution is 0.497. The van der Waals surface area contributed by atoms with Crippen molar-refractivity contribution in [3.05, 3.63) is 17.8 Å². The van der Waals surface area contributed by atoms with Gasteiger partial charge in [-0.1, -0.05) is 0 Å². The van der Waals surface area contributed by atoms with E-state index in [9.17, 15) is 0 Å². The molecule has 16 heavy (non-hydrogen) atoms. The molecular formula is C10H18Cl2N4. The molecule has 2 N–H and O–H groups in total. The third kappa shape index (κ3) is 3.77. The molecule has 0 amide bonds. The third-order valence-electron chi connectivity index (χ3n) is 2.65. The molecule has 4 nitrogen and oxygen atoms in total. The number of nitrogens with zero attached hydrogens (tertiary/aromatic N) is 3. The van der Waals surface area contributed by atoms with Crippen LogP contribution in [0.5, 0.6) is 0 Å². The van der Waals surface area contributed by atoms with Crippen LogP contribution in [-0.4, -0.2) is 29.3 Å². The minimum atomic E-state index is 0. The number of nitrogens with two attached hydrogens (primary N) is 1. The minimum absolute atomic E-state index is 0. The van der Waals surface area contributed by atoms with Crippen molar-refractivity contribution in [1.82, 2.24) is 10.2 Å². The van der Waals surface area contributed by atoms with E-state index in [0.717, 1.165) is 37.4 Å². The summed E-state index contributed by atoms with van der Waals surface area (Å²) in [6.45, 7) is 3.95. The first-order chi connectivity index (χ1) is 6.75. The first-order valence-electron chi connectivity index (χ1n) is 5.06. The van der Waals surface area contributed by atoms with Crippen LogP contribution in [0.4, 0.5) is 5.82 Å². The SMILES string of the molecule is Cc1ccc(N2CCC(N)CC2)nn1.Cl.Cl. The van der Waals surface area contributed by atoms with E-state index in [1.165, 1.54) is 0 Å². The quantitative estimate of drug-likeness (QED) is 0.837. The standard InChI is InChI=1S/C10H16N4.2ClH/c1-8-2-3-10(13-12-8)14-6-4-9(11)5-7-14;;/h2-3,9H,4-7,11H2,1H3;2*1H. The molecule has 2 heterocycles. The first-order valence-corrected chi connectivity index (χ1v) is 5.06. The van der Waals surface area contributed by atoms with Crippen molar-refractivity contribution in [1.29, 1.82) is 0 Å². The largest absolute Gasteiger partial charge is 0.355 e. The van der Waals surface area contributed by atoms with Gasteiger partial charge in [-0.25, -0.2) is 0 Å². The highest BCUT2D eigenvalue weighted by Gasteiger charge is 2.16. The van der Waals surface area contributed by atoms with E-state index in [4.69, 9.17) is 5.73 Å². The van der Waals surface area contributed by atoms with E-state index in [-0.39, 0.29) is 24.8 Å². The van der Waals surface area contributed by atoms with Crippen molar-refractivity contribution in [2.75, 3.05) is 18.0 Å². The lowest BCUT2D eigenvalue weighted by Crippen LogP contribution is -2.40. The van der Waals surface area contributed by atoms with Gasteiger partial charge in [0.15, 0.2) is 5.82 Å². The zero-order valence-corrected chi connectivity index (χ0v) is 10.9. The Morgan fingerprint density at radius 2 is 1.81 bits per heavy atom. The van der Waals surface area contributed by atoms with Crippen molar-refractivity contribution >= 4 is 30.6 Å². The normalized spacial score (nSPS) is 16.2. The van der Waals surface area contributed by atoms with Crippen molar-refractivity contribution in [2.45, 2.75) is 25.8 Å². The summed E-state index contributed by atoms with van der Waals surface area (Å²) >= 11 is 0. The molecule has 2 rings (SSSR count). The Hall–Kier alpha value is -0.580. The fourth-order valence-electron chi connectivity index (χ4n) is 1.69. The van der Waals surface area contributed by atoms with Gasteiger partial charge in [-0.2, -0.15) is 5.10 Å². The molecule has 0 aliphatic carbocycles. The number of halogens is 2. The van der Waals surface area contributed by atoms with Gasteiger partial charge in [0.05, 0.1) is 5.69 Å². The second kappa shape index (κ2) is 6.89. The summed E-state index contributed by atoms with van der Waals surface area (Å²) in [5, 5.41) is 8.21. The Balaban J connectivity index is 0.00000112. The van der Waals surface area contributed by atoms with Crippen molar-refractivity contribution in [2.24, 2.45) is 5.73 Å². The number of piperidine rings is 1. The van der Waals surface area contributed by atoms with Crippen molar-refractivity contribution in [3.63, 3.8) is 0 Å². The predicted molar refractivity (Wildman–Crippen MR) is 70.7 cm³/mol. The molecule has 0 saturated carbocycles. The second-order valence-electron chi connectivity index (χ2n) is 3.86. The van der Waals surface area contributed by atoms with Crippen LogP contribution in [0.15, 0.2) is 12.1 Å². The molecule has 1 aliphatic heterocycles. The van der Waals surface area contributed by atoms with Gasteiger partial charge < -0.3 is 10.6 Å². The van der Waals surface area contributed by atoms with Crippen LogP contribution in [0.1, 0.15) is 18.5 Å². The van der Waals surface area contributed by atoms with Crippen LogP contribution in [0, 0.1) is 6.92 Å². The molecule has 92 valence electrons. The fourth-order valence-corrected chi connectivity index (χ4v) is 1.69. The smallest absolute Gasteiger partial charge is 0.151 e. The molecule has 1 aromatic heterocycles. The van der Waals surface area contributed by atoms with Gasteiger partial charge in [-0.05, 0) is 31.9 Å². The van der Waals surface area contributed by atoms with Gasteiger partial charge in [-0.15, -0.1) is 29.9 Å². The number of hydrogen-bond acceptors (Lipinski definition) is 4. The highest BCUT2D eigenvalue weighted by Crippen LogP contribution is 2.15. The molecule has 6 heteroatoms. The zero-order valence-electron chi connectivity index (χ0n) is 9.30. The Morgan fingerprint density at radius 3 is 2.31 bits per heavy atom. The topological polar surface area (TPSA) is 55.0 Å². The zero-order chi connectivity index (χ0) is 9.97. The highest BCUT2D eigenvalue weighted by molar-refractivity contribution is 5.85. The number of aromatic nitrogens is 2. The molecule has 1 saturated heterocycles. The minimum Gasteiger partial charge on any atom is -0.355 e. The molecule has 1 fully saturated rings. The predicted octanol–water partition coefficient (Wildman–Crippen LogP) is 1.56. The molecule has 1 aromatic rings. The Morgan fingerprint density at radius 1 is 1.19 bits per heavy atom. The molecule has 0 atom stereocenters. The lowest BCUT2D eigenvalue weighted by Gasteiger charge is -2.30. The van der Waals surface area contributed by atoms with Crippen molar-refractivity contribution < 1.29 is 0 Å². The summed E-state index contributed by atoms with van der Waals surface area (Å²) < 4.78 is 0. The van der Waals surface area contributed by atoms with Gasteiger partial charge in [0.25, 0.3) is 0 Å². The van der Waals surface area contributed by atoms with Crippen molar-refractivity contribution in [3.8, 4) is 0 Å². The van der Waals surface area contributed by atoms with Crippen LogP contribution in [-0.2, 0) is 0 Å². The van der Waals surface area contributed by atoms with Gasteiger partial charge in [0, 0.05) is 19.1 Å². The summed E-state index contributed by atoms with van der Waals surface area (Å²) in [4.78, 5) is 2.25. The van der Waals surface area contributed by atoms with Gasteiger partial charge in [0.1, 0.15) is 0 Å². The number of aryl methyl sites for hydroxylation is 1. The van der Waals surface area contributed by atoms with Crippen LogP contribution < -0.4 is 10.6 Å². The highest BCUT2D eigenvalue weighted by atomic mass is 35.5. The molecular weight excluding hydrogens is 247 g/mol. The summed E-state index contributed by atoms with van der Waals surface area (Å²) in [5.41, 5.74) is 6.80. The number of rotatable bonds is 1. The van der Waals surface area contributed by atoms with Gasteiger partial charge in [-0.3, -0.25) is 0 Å². The third-order valence-corrected chi connectivity index (χ3v) is 2.65. The van der Waals surface area contributed by atoms with E-state index in [1.807, 2.05) is 19.1 Å². The second-order valence-corrected chi connectivity index (χ2v) is 3.86. The van der Waals surface area contributed by atoms with Crippen LogP contribution in [0.3, 0.4) is 0 Å². The molecule has 0 aromatic carbocycles. The van der Waals surface area contributed by atoms with Crippen LogP contribution in [0.2, 0.25) is 0 Å². The fraction of sp³-hybridized carbons (Fsp3) is 0.600. The summed E-state index contributed by atoms with van der Waals surface area (Å²) in [6, 6.07) is 4.39. The summed E-state index contributed by atoms with van der Waals surface area (Å²) in [7, 11) is 0. The van der Waals surface area contributed by atoms with E-state index in [0.29, 0.717) is 6.04 Å². The molecule has 0 radical (unpaired) electrons. The van der Waals surface area contributed by atoms with Crippen LogP contribution in [0.25, 0.3) is 0 Å². The first kappa shape index (κ1) is 15.4. The maximum atomic E-state index is 5.84. The van der Waals surface area contributed by atoms with Crippen LogP contribution >= 0.6 is 24.8 Å². The Labute approximate surface area is 108 Å². The van der Waals surface area contributed by atoms with Gasteiger partial charge >= 0.3 is 0 Å². The molecule has 0 spiro atoms. The summed E-state index contributed by atoms with van der Waals surface area (Å²) in [6.07, 6.45) is 2.10. The van der Waals surface area contributed by atoms with E-state index in [1.54, 1.807) is 0 Å². The average molecular weight is 265 g/mol. The number of hydrogen-bond donors (Lipinski definition) is 1. The maximum absolute atomic E-state index is 5.84. The molecule has 0 bridgehead atoms. The van der Waals surface area contributed by atoms with E-state index in [2.05, 4.69) is 15.1 Å². The lowest BCUT2D eigenvalue weighted by atomic mass is 10.1. The van der Waals surface area contributed by atoms with E-state index < -0.39 is 0 Å².